The smallest absolute Gasteiger partial charge is 0.304 e. The van der Waals surface area contributed by atoms with E-state index >= 15 is 0 Å². The monoisotopic (exact) mass is 790 g/mol. The highest BCUT2D eigenvalue weighted by Gasteiger charge is 2.56. The highest BCUT2D eigenvalue weighted by atomic mass is 16.7. The first-order valence-corrected chi connectivity index (χ1v) is 17.1. The molecule has 2 fully saturated rings. The number of hydrogen-bond donors (Lipinski definition) is 0. The van der Waals surface area contributed by atoms with Crippen molar-refractivity contribution in [3.05, 3.63) is 49.1 Å². The molecule has 0 spiro atoms. The average Bonchev–Trinajstić information content (AvgIpc) is 3.63. The fourth-order valence-corrected chi connectivity index (χ4v) is 5.92. The van der Waals surface area contributed by atoms with Gasteiger partial charge in [0, 0.05) is 53.7 Å². The summed E-state index contributed by atoms with van der Waals surface area (Å²) < 4.78 is 58.5. The van der Waals surface area contributed by atoms with Crippen LogP contribution in [0, 0.1) is 0 Å². The molecule has 2 aromatic heterocycles. The molecule has 4 rings (SSSR count). The van der Waals surface area contributed by atoms with Gasteiger partial charge in [0.15, 0.2) is 60.9 Å². The Labute approximate surface area is 319 Å². The molecule has 0 bridgehead atoms. The van der Waals surface area contributed by atoms with Crippen LogP contribution in [0.5, 0.6) is 11.5 Å². The lowest BCUT2D eigenvalue weighted by atomic mass is 10.1. The van der Waals surface area contributed by atoms with E-state index in [4.69, 9.17) is 47.4 Å². The topological polar surface area (TPSA) is 237 Å². The van der Waals surface area contributed by atoms with Gasteiger partial charge in [-0.1, -0.05) is 0 Å². The van der Waals surface area contributed by atoms with Crippen molar-refractivity contribution in [3.8, 4) is 11.5 Å². The van der Waals surface area contributed by atoms with E-state index < -0.39 is 97.1 Å². The maximum atomic E-state index is 12.3. The van der Waals surface area contributed by atoms with Crippen LogP contribution >= 0.6 is 0 Å². The Balaban J connectivity index is 1.56. The van der Waals surface area contributed by atoms with Crippen molar-refractivity contribution in [1.82, 2.24) is 0 Å². The van der Waals surface area contributed by atoms with Crippen LogP contribution in [0.3, 0.4) is 0 Å². The normalized spacial score (nSPS) is 25.0. The van der Waals surface area contributed by atoms with Crippen LogP contribution in [0.1, 0.15) is 54.0 Å². The first-order chi connectivity index (χ1) is 26.6. The van der Waals surface area contributed by atoms with Crippen LogP contribution in [0.4, 0.5) is 0 Å². The molecule has 2 aliphatic heterocycles. The molecule has 0 amide bonds. The number of carbonyl (C=O) groups excluding carboxylic acids is 8. The number of nitrogens with zero attached hydrogens (tertiary/aromatic N) is 2. The van der Waals surface area contributed by atoms with Crippen LogP contribution in [0.15, 0.2) is 49.1 Å². The summed E-state index contributed by atoms with van der Waals surface area (Å²) in [4.78, 5) is 95.8. The average molecular weight is 791 g/mol. The summed E-state index contributed by atoms with van der Waals surface area (Å²) in [6, 6.07) is 5.92. The minimum Gasteiger partial charge on any atom is -0.472 e. The molecular formula is C36H42N2O18+2. The molecular weight excluding hydrogens is 748 g/mol. The minimum atomic E-state index is -1.53. The van der Waals surface area contributed by atoms with Gasteiger partial charge in [-0.25, -0.2) is 0 Å². The van der Waals surface area contributed by atoms with Crippen molar-refractivity contribution in [2.45, 2.75) is 103 Å². The van der Waals surface area contributed by atoms with E-state index in [0.717, 1.165) is 27.7 Å². The highest BCUT2D eigenvalue weighted by molar-refractivity contribution is 5.70. The largest absolute Gasteiger partial charge is 0.472 e. The second-order valence-electron chi connectivity index (χ2n) is 12.4. The highest BCUT2D eigenvalue weighted by Crippen LogP contribution is 2.33. The zero-order valence-electron chi connectivity index (χ0n) is 31.2. The van der Waals surface area contributed by atoms with Gasteiger partial charge in [-0.3, -0.25) is 38.4 Å². The molecule has 0 saturated carbocycles. The van der Waals surface area contributed by atoms with E-state index in [-0.39, 0.29) is 24.7 Å². The molecule has 2 aromatic rings. The number of ether oxygens (including phenoxy) is 10. The molecule has 2 saturated heterocycles. The molecule has 10 atom stereocenters. The van der Waals surface area contributed by atoms with Crippen LogP contribution < -0.4 is 18.6 Å². The Morgan fingerprint density at radius 1 is 0.571 bits per heavy atom. The standard InChI is InChI=1S/C36H42N2O18/c1-19(41)47-17-29-31(49-21(3)43)33(51-23(5)45)35(55-29)37-11-7-9-25(13-37)53-27(15-39)28(16-40)54-26-10-8-12-38(14-26)36-34(52-24(6)46)32(50-22(4)44)30(56-36)18-48-20(2)42/h7-16,27-36H,17-18H2,1-6H3/q+2/t27?,28?,29-,30-,31-,32-,33-,34-,35-,36-/m1/s1. The third-order valence-electron chi connectivity index (χ3n) is 7.99. The summed E-state index contributed by atoms with van der Waals surface area (Å²) in [5, 5.41) is 0. The number of esters is 6. The van der Waals surface area contributed by atoms with Crippen LogP contribution in [0.2, 0.25) is 0 Å². The summed E-state index contributed by atoms with van der Waals surface area (Å²) >= 11 is 0. The summed E-state index contributed by atoms with van der Waals surface area (Å²) in [5.41, 5.74) is 0. The Morgan fingerprint density at radius 2 is 0.911 bits per heavy atom. The van der Waals surface area contributed by atoms with Crippen molar-refractivity contribution < 1.29 is 94.9 Å². The van der Waals surface area contributed by atoms with Crippen molar-refractivity contribution in [2.75, 3.05) is 13.2 Å². The van der Waals surface area contributed by atoms with E-state index in [0.29, 0.717) is 12.6 Å². The molecule has 2 unspecified atom stereocenters. The third kappa shape index (κ3) is 11.5. The maximum absolute atomic E-state index is 12.3. The van der Waals surface area contributed by atoms with Crippen LogP contribution in [-0.2, 0) is 76.3 Å². The van der Waals surface area contributed by atoms with Gasteiger partial charge in [-0.2, -0.15) is 9.13 Å². The van der Waals surface area contributed by atoms with Gasteiger partial charge in [0.25, 0.3) is 0 Å². The van der Waals surface area contributed by atoms with Gasteiger partial charge < -0.3 is 47.4 Å². The lowest BCUT2D eigenvalue weighted by molar-refractivity contribution is -0.765. The SMILES string of the molecule is CC(=O)OC[C@H]1O[C@@H]([n+]2cccc(OC(C=O)C(C=O)Oc3ccc[n+]([C@@H]4O[C@H](COC(C)=O)[C@@H](OC(C)=O)[C@H]4OC(C)=O)c3)c2)[C@H](OC(C)=O)[C@@H]1OC(C)=O. The van der Waals surface area contributed by atoms with Gasteiger partial charge in [0.1, 0.15) is 25.4 Å². The summed E-state index contributed by atoms with van der Waals surface area (Å²) in [5.74, 6) is -4.05. The second-order valence-corrected chi connectivity index (χ2v) is 12.4. The lowest BCUT2D eigenvalue weighted by Crippen LogP contribution is -2.49. The fourth-order valence-electron chi connectivity index (χ4n) is 5.92. The van der Waals surface area contributed by atoms with Gasteiger partial charge in [-0.15, -0.1) is 0 Å². The predicted molar refractivity (Wildman–Crippen MR) is 178 cm³/mol. The second kappa shape index (κ2) is 19.5. The number of aromatic nitrogens is 2. The molecule has 4 heterocycles. The van der Waals surface area contributed by atoms with Gasteiger partial charge in [0.05, 0.1) is 0 Å². The summed E-state index contributed by atoms with van der Waals surface area (Å²) in [6.45, 7) is 6.29. The Hall–Kier alpha value is -6.02. The van der Waals surface area contributed by atoms with Crippen molar-refractivity contribution in [1.29, 1.82) is 0 Å². The number of hydrogen-bond acceptors (Lipinski definition) is 18. The summed E-state index contributed by atoms with van der Waals surface area (Å²) in [6.07, 6.45) is -5.74. The van der Waals surface area contributed by atoms with Crippen LogP contribution in [0.25, 0.3) is 0 Å². The zero-order valence-corrected chi connectivity index (χ0v) is 31.2. The molecule has 0 N–H and O–H groups in total. The lowest BCUT2D eigenvalue weighted by Gasteiger charge is -2.22. The molecule has 20 heteroatoms. The van der Waals surface area contributed by atoms with E-state index in [1.807, 2.05) is 0 Å². The minimum absolute atomic E-state index is 0.0275. The predicted octanol–water partition coefficient (Wildman–Crippen LogP) is -0.498. The summed E-state index contributed by atoms with van der Waals surface area (Å²) in [7, 11) is 0. The first kappa shape index (κ1) is 42.7. The Morgan fingerprint density at radius 3 is 1.21 bits per heavy atom. The van der Waals surface area contributed by atoms with E-state index in [1.54, 1.807) is 0 Å². The number of pyridine rings is 2. The number of aldehydes is 2. The van der Waals surface area contributed by atoms with E-state index in [2.05, 4.69) is 0 Å². The van der Waals surface area contributed by atoms with Gasteiger partial charge in [-0.05, 0) is 12.1 Å². The molecule has 20 nitrogen and oxygen atoms in total. The molecule has 56 heavy (non-hydrogen) atoms. The molecule has 2 aliphatic rings. The Kier molecular flexibility index (Phi) is 14.9. The Bertz CT molecular complexity index is 1660. The first-order valence-electron chi connectivity index (χ1n) is 17.1. The van der Waals surface area contributed by atoms with Crippen molar-refractivity contribution in [3.63, 3.8) is 0 Å². The van der Waals surface area contributed by atoms with Crippen LogP contribution in [-0.4, -0.2) is 110 Å². The zero-order chi connectivity index (χ0) is 41.1. The molecule has 0 aliphatic carbocycles. The molecule has 302 valence electrons. The number of rotatable bonds is 17. The third-order valence-corrected chi connectivity index (χ3v) is 7.99. The van der Waals surface area contributed by atoms with Crippen molar-refractivity contribution in [2.24, 2.45) is 0 Å². The molecule has 0 aromatic carbocycles. The maximum Gasteiger partial charge on any atom is 0.304 e. The van der Waals surface area contributed by atoms with Gasteiger partial charge >= 0.3 is 48.3 Å². The van der Waals surface area contributed by atoms with Crippen molar-refractivity contribution >= 4 is 48.4 Å². The van der Waals surface area contributed by atoms with E-state index in [9.17, 15) is 38.4 Å². The molecule has 0 radical (unpaired) electrons. The van der Waals surface area contributed by atoms with E-state index in [1.165, 1.54) is 72.0 Å². The number of carbonyl (C=O) groups is 8. The quantitative estimate of drug-likeness (QED) is 0.0850. The fraction of sp³-hybridized carbons (Fsp3) is 0.500. The van der Waals surface area contributed by atoms with Gasteiger partial charge in [0.2, 0.25) is 24.6 Å².